The summed E-state index contributed by atoms with van der Waals surface area (Å²) in [6.45, 7) is 3.99. The maximum Gasteiger partial charge on any atom is 0.361 e. The summed E-state index contributed by atoms with van der Waals surface area (Å²) in [4.78, 5) is 19.0. The minimum absolute atomic E-state index is 0.00935. The van der Waals surface area contributed by atoms with Crippen molar-refractivity contribution in [3.05, 3.63) is 16.1 Å². The van der Waals surface area contributed by atoms with E-state index in [1.165, 1.54) is 0 Å². The fourth-order valence-corrected chi connectivity index (χ4v) is 1.44. The van der Waals surface area contributed by atoms with Gasteiger partial charge in [-0.15, -0.1) is 0 Å². The van der Waals surface area contributed by atoms with E-state index in [1.807, 2.05) is 0 Å². The van der Waals surface area contributed by atoms with Crippen LogP contribution in [0.5, 0.6) is 5.75 Å². The van der Waals surface area contributed by atoms with Gasteiger partial charge in [0.1, 0.15) is 0 Å². The van der Waals surface area contributed by atoms with E-state index in [0.29, 0.717) is 6.61 Å². The van der Waals surface area contributed by atoms with E-state index in [1.54, 1.807) is 13.8 Å². The molecule has 0 unspecified atom stereocenters. The van der Waals surface area contributed by atoms with Gasteiger partial charge in [-0.1, -0.05) is 11.6 Å². The maximum atomic E-state index is 11.5. The molecule has 1 heterocycles. The first-order chi connectivity index (χ1) is 7.60. The molecule has 0 aromatic carbocycles. The summed E-state index contributed by atoms with van der Waals surface area (Å²) in [6.07, 6.45) is 0. The summed E-state index contributed by atoms with van der Waals surface area (Å²) in [6, 6.07) is 0. The second kappa shape index (κ2) is 5.86. The second-order valence-corrected chi connectivity index (χ2v) is 3.31. The molecule has 0 bridgehead atoms. The Balaban J connectivity index is 3.17. The molecule has 1 aromatic heterocycles. The molecular weight excluding hydrogens is 255 g/mol. The van der Waals surface area contributed by atoms with Crippen LogP contribution in [0.2, 0.25) is 10.4 Å². The van der Waals surface area contributed by atoms with Crippen LogP contribution in [0.15, 0.2) is 0 Å². The number of carbonyl (C=O) groups excluding carboxylic acids is 1. The largest absolute Gasteiger partial charge is 0.488 e. The summed E-state index contributed by atoms with van der Waals surface area (Å²) >= 11 is 11.4. The van der Waals surface area contributed by atoms with Crippen molar-refractivity contribution in [1.82, 2.24) is 9.97 Å². The number of ether oxygens (including phenoxy) is 2. The number of esters is 1. The monoisotopic (exact) mass is 264 g/mol. The normalized spacial score (nSPS) is 10.0. The van der Waals surface area contributed by atoms with Crippen LogP contribution in [-0.2, 0) is 4.74 Å². The van der Waals surface area contributed by atoms with Crippen LogP contribution in [0.25, 0.3) is 0 Å². The predicted molar refractivity (Wildman–Crippen MR) is 59.2 cm³/mol. The van der Waals surface area contributed by atoms with Crippen molar-refractivity contribution in [1.29, 1.82) is 0 Å². The van der Waals surface area contributed by atoms with E-state index in [9.17, 15) is 4.79 Å². The third-order valence-corrected chi connectivity index (χ3v) is 1.98. The Kier molecular flexibility index (Phi) is 4.76. The molecule has 1 rings (SSSR count). The number of hydrogen-bond donors (Lipinski definition) is 0. The Labute approximate surface area is 103 Å². The number of rotatable bonds is 4. The highest BCUT2D eigenvalue weighted by Gasteiger charge is 2.21. The van der Waals surface area contributed by atoms with Crippen LogP contribution in [0.1, 0.15) is 24.3 Å². The van der Waals surface area contributed by atoms with Gasteiger partial charge in [-0.2, -0.15) is 0 Å². The summed E-state index contributed by atoms with van der Waals surface area (Å²) < 4.78 is 9.97. The first kappa shape index (κ1) is 13.0. The molecule has 0 saturated carbocycles. The van der Waals surface area contributed by atoms with Crippen LogP contribution in [0.4, 0.5) is 0 Å². The van der Waals surface area contributed by atoms with E-state index < -0.39 is 5.97 Å². The van der Waals surface area contributed by atoms with E-state index in [-0.39, 0.29) is 28.5 Å². The lowest BCUT2D eigenvalue weighted by atomic mass is 10.4. The van der Waals surface area contributed by atoms with Crippen molar-refractivity contribution < 1.29 is 14.3 Å². The van der Waals surface area contributed by atoms with E-state index in [0.717, 1.165) is 0 Å². The van der Waals surface area contributed by atoms with Crippen molar-refractivity contribution >= 4 is 29.2 Å². The highest BCUT2D eigenvalue weighted by Crippen LogP contribution is 2.27. The van der Waals surface area contributed by atoms with Gasteiger partial charge in [-0.3, -0.25) is 0 Å². The molecule has 16 heavy (non-hydrogen) atoms. The molecule has 0 atom stereocenters. The molecule has 0 N–H and O–H groups in total. The SMILES string of the molecule is CCOC(=O)c1nc(Cl)nc(Cl)c1OCC. The molecule has 7 heteroatoms. The summed E-state index contributed by atoms with van der Waals surface area (Å²) in [7, 11) is 0. The lowest BCUT2D eigenvalue weighted by Gasteiger charge is -2.09. The van der Waals surface area contributed by atoms with Gasteiger partial charge in [0.05, 0.1) is 13.2 Å². The smallest absolute Gasteiger partial charge is 0.361 e. The molecule has 0 saturated heterocycles. The van der Waals surface area contributed by atoms with Gasteiger partial charge in [0.25, 0.3) is 0 Å². The molecule has 0 aliphatic carbocycles. The lowest BCUT2D eigenvalue weighted by molar-refractivity contribution is 0.0514. The molecule has 88 valence electrons. The van der Waals surface area contributed by atoms with Gasteiger partial charge in [0.15, 0.2) is 16.6 Å². The standard InChI is InChI=1S/C9H10Cl2N2O3/c1-3-15-6-5(8(14)16-4-2)12-9(11)13-7(6)10/h3-4H2,1-2H3. The summed E-state index contributed by atoms with van der Waals surface area (Å²) in [5.41, 5.74) is -0.0614. The molecule has 0 aliphatic rings. The molecule has 0 spiro atoms. The molecule has 1 aromatic rings. The fraction of sp³-hybridized carbons (Fsp3) is 0.444. The highest BCUT2D eigenvalue weighted by atomic mass is 35.5. The zero-order chi connectivity index (χ0) is 12.1. The van der Waals surface area contributed by atoms with Crippen molar-refractivity contribution in [2.75, 3.05) is 13.2 Å². The van der Waals surface area contributed by atoms with Crippen LogP contribution < -0.4 is 4.74 Å². The third-order valence-electron chi connectivity index (χ3n) is 1.55. The average Bonchev–Trinajstić information content (AvgIpc) is 2.22. The van der Waals surface area contributed by atoms with Gasteiger partial charge >= 0.3 is 5.97 Å². The molecule has 0 amide bonds. The van der Waals surface area contributed by atoms with Crippen molar-refractivity contribution in [2.45, 2.75) is 13.8 Å². The number of carbonyl (C=O) groups is 1. The molecule has 0 radical (unpaired) electrons. The van der Waals surface area contributed by atoms with E-state index in [2.05, 4.69) is 9.97 Å². The Morgan fingerprint density at radius 1 is 1.25 bits per heavy atom. The molecule has 5 nitrogen and oxygen atoms in total. The van der Waals surface area contributed by atoms with Gasteiger partial charge in [0, 0.05) is 0 Å². The first-order valence-electron chi connectivity index (χ1n) is 4.63. The van der Waals surface area contributed by atoms with Gasteiger partial charge in [-0.05, 0) is 25.4 Å². The van der Waals surface area contributed by atoms with Crippen molar-refractivity contribution in [2.24, 2.45) is 0 Å². The van der Waals surface area contributed by atoms with Crippen LogP contribution in [-0.4, -0.2) is 29.2 Å². The summed E-state index contributed by atoms with van der Waals surface area (Å²) in [5.74, 6) is -0.552. The van der Waals surface area contributed by atoms with Crippen LogP contribution in [0.3, 0.4) is 0 Å². The van der Waals surface area contributed by atoms with Crippen LogP contribution in [0, 0.1) is 0 Å². The minimum Gasteiger partial charge on any atom is -0.488 e. The minimum atomic E-state index is -0.642. The molecule has 0 fully saturated rings. The number of halogens is 2. The summed E-state index contributed by atoms with van der Waals surface area (Å²) in [5, 5.41) is -0.138. The fourth-order valence-electron chi connectivity index (χ4n) is 1.01. The quantitative estimate of drug-likeness (QED) is 0.475. The zero-order valence-corrected chi connectivity index (χ0v) is 10.3. The number of aromatic nitrogens is 2. The molecule has 0 aliphatic heterocycles. The first-order valence-corrected chi connectivity index (χ1v) is 5.38. The van der Waals surface area contributed by atoms with Crippen molar-refractivity contribution in [3.8, 4) is 5.75 Å². The molecular formula is C9H10Cl2N2O3. The van der Waals surface area contributed by atoms with Gasteiger partial charge in [0.2, 0.25) is 5.28 Å². The Morgan fingerprint density at radius 3 is 2.50 bits per heavy atom. The van der Waals surface area contributed by atoms with Gasteiger partial charge in [-0.25, -0.2) is 14.8 Å². The Hall–Kier alpha value is -1.07. The lowest BCUT2D eigenvalue weighted by Crippen LogP contribution is -2.11. The predicted octanol–water partition coefficient (Wildman–Crippen LogP) is 2.36. The number of hydrogen-bond acceptors (Lipinski definition) is 5. The maximum absolute atomic E-state index is 11.5. The second-order valence-electron chi connectivity index (χ2n) is 2.61. The van der Waals surface area contributed by atoms with Crippen molar-refractivity contribution in [3.63, 3.8) is 0 Å². The highest BCUT2D eigenvalue weighted by molar-refractivity contribution is 6.33. The Bertz CT molecular complexity index is 399. The van der Waals surface area contributed by atoms with Gasteiger partial charge < -0.3 is 9.47 Å². The van der Waals surface area contributed by atoms with Crippen LogP contribution >= 0.6 is 23.2 Å². The van der Waals surface area contributed by atoms with E-state index >= 15 is 0 Å². The zero-order valence-electron chi connectivity index (χ0n) is 8.79. The van der Waals surface area contributed by atoms with E-state index in [4.69, 9.17) is 32.7 Å². The third kappa shape index (κ3) is 2.96. The number of nitrogens with zero attached hydrogens (tertiary/aromatic N) is 2. The average molecular weight is 265 g/mol. The topological polar surface area (TPSA) is 61.3 Å². The Morgan fingerprint density at radius 2 is 1.94 bits per heavy atom.